The lowest BCUT2D eigenvalue weighted by atomic mass is 10.9. The van der Waals surface area contributed by atoms with Gasteiger partial charge in [-0.3, -0.25) is 4.99 Å². The van der Waals surface area contributed by atoms with E-state index in [1.807, 2.05) is 0 Å². The first-order valence-corrected chi connectivity index (χ1v) is 7.26. The Morgan fingerprint density at radius 1 is 1.33 bits per heavy atom. The molecule has 0 atom stereocenters. The summed E-state index contributed by atoms with van der Waals surface area (Å²) in [4.78, 5) is 4.20. The second kappa shape index (κ2) is 3.75. The fourth-order valence-electron chi connectivity index (χ4n) is 2.13. The van der Waals surface area contributed by atoms with Crippen LogP contribution < -0.4 is 0 Å². The molecule has 0 N–H and O–H groups in total. The number of amidine groups is 1. The van der Waals surface area contributed by atoms with Crippen molar-refractivity contribution in [3.8, 4) is 0 Å². The summed E-state index contributed by atoms with van der Waals surface area (Å²) in [5.41, 5.74) is 1.45. The van der Waals surface area contributed by atoms with Crippen molar-refractivity contribution in [2.24, 2.45) is 10.1 Å². The van der Waals surface area contributed by atoms with Gasteiger partial charge in [0, 0.05) is 32.1 Å². The van der Waals surface area contributed by atoms with Crippen LogP contribution in [-0.4, -0.2) is 42.7 Å². The van der Waals surface area contributed by atoms with Gasteiger partial charge in [0.1, 0.15) is 0 Å². The fraction of sp³-hybridized carbons (Fsp3) is 0.800. The third kappa shape index (κ3) is 1.76. The summed E-state index contributed by atoms with van der Waals surface area (Å²) in [5, 5.41) is 5.42. The van der Waals surface area contributed by atoms with Gasteiger partial charge in [-0.05, 0) is 25.7 Å². The molecule has 15 heavy (non-hydrogen) atoms. The van der Waals surface area contributed by atoms with Crippen LogP contribution in [0.4, 0.5) is 0 Å². The molecule has 0 amide bonds. The van der Waals surface area contributed by atoms with Crippen LogP contribution in [0.3, 0.4) is 0 Å². The lowest BCUT2D eigenvalue weighted by Gasteiger charge is -2.24. The molecule has 0 aromatic heterocycles. The van der Waals surface area contributed by atoms with E-state index in [0.717, 1.165) is 25.7 Å². The normalized spacial score (nSPS) is 22.7. The van der Waals surface area contributed by atoms with Gasteiger partial charge in [-0.15, -0.1) is 0 Å². The Kier molecular flexibility index (Phi) is 2.72. The average Bonchev–Trinajstić information content (AvgIpc) is 3.08. The van der Waals surface area contributed by atoms with Gasteiger partial charge < -0.3 is 4.57 Å². The van der Waals surface area contributed by atoms with Gasteiger partial charge in [-0.1, -0.05) is 0 Å². The molecule has 0 unspecified atom stereocenters. The Balaban J connectivity index is 2.30. The first-order chi connectivity index (χ1) is 7.14. The molecule has 0 aromatic rings. The second-order valence-corrected chi connectivity index (χ2v) is 7.64. The lowest BCUT2D eigenvalue weighted by molar-refractivity contribution is 0.540. The summed E-state index contributed by atoms with van der Waals surface area (Å²) >= 11 is 0. The van der Waals surface area contributed by atoms with E-state index in [1.54, 1.807) is 19.1 Å². The molecule has 2 aliphatic carbocycles. The summed E-state index contributed by atoms with van der Waals surface area (Å²) in [6.07, 6.45) is 4.38. The van der Waals surface area contributed by atoms with Crippen molar-refractivity contribution in [3.05, 3.63) is 0 Å². The molecule has 0 spiro atoms. The summed E-state index contributed by atoms with van der Waals surface area (Å²) in [5.74, 6) is 0. The third-order valence-corrected chi connectivity index (χ3v) is 7.51. The molecule has 0 aromatic carbocycles. The van der Waals surface area contributed by atoms with Crippen molar-refractivity contribution in [2.75, 3.05) is 14.1 Å². The minimum absolute atomic E-state index is 0.382. The van der Waals surface area contributed by atoms with Gasteiger partial charge in [-0.25, -0.2) is 5.01 Å². The number of hydrogen-bond donors (Lipinski definition) is 0. The summed E-state index contributed by atoms with van der Waals surface area (Å²) in [7, 11) is 1.21. The summed E-state index contributed by atoms with van der Waals surface area (Å²) in [6.45, 7) is 3.48. The molecule has 2 aliphatic rings. The quantitative estimate of drug-likeness (QED) is 0.320. The van der Waals surface area contributed by atoms with Gasteiger partial charge >= 0.3 is 0 Å². The zero-order chi connectivity index (χ0) is 11.1. The van der Waals surface area contributed by atoms with Crippen molar-refractivity contribution < 1.29 is 4.57 Å². The molecule has 0 saturated heterocycles. The standard InChI is InChI=1S/C10H18N3OP/c1-11-10(13(3)12-2)15(14,8-4-5-8)9-6-7-9/h8-9H,2,4-7H2,1,3H3/b11-10+. The highest BCUT2D eigenvalue weighted by Gasteiger charge is 2.54. The molecular weight excluding hydrogens is 209 g/mol. The average molecular weight is 227 g/mol. The second-order valence-electron chi connectivity index (χ2n) is 4.36. The largest absolute Gasteiger partial charge is 0.315 e. The van der Waals surface area contributed by atoms with Crippen LogP contribution in [0.25, 0.3) is 0 Å². The first kappa shape index (κ1) is 10.9. The molecule has 0 heterocycles. The van der Waals surface area contributed by atoms with Gasteiger partial charge in [0.25, 0.3) is 0 Å². The minimum atomic E-state index is -2.28. The van der Waals surface area contributed by atoms with Crippen LogP contribution in [0.1, 0.15) is 25.7 Å². The monoisotopic (exact) mass is 227 g/mol. The maximum absolute atomic E-state index is 13.0. The van der Waals surface area contributed by atoms with E-state index in [2.05, 4.69) is 16.8 Å². The Hall–Kier alpha value is -0.630. The number of rotatable bonds is 4. The first-order valence-electron chi connectivity index (χ1n) is 5.41. The SMILES string of the molecule is C=NN(C)/C(=N\C)P(=O)(C1CC1)C1CC1. The van der Waals surface area contributed by atoms with E-state index in [1.165, 1.54) is 0 Å². The van der Waals surface area contributed by atoms with Crippen molar-refractivity contribution >= 4 is 19.4 Å². The van der Waals surface area contributed by atoms with E-state index >= 15 is 0 Å². The van der Waals surface area contributed by atoms with Crippen molar-refractivity contribution in [1.82, 2.24) is 5.01 Å². The predicted molar refractivity (Wildman–Crippen MR) is 64.3 cm³/mol. The maximum atomic E-state index is 13.0. The highest BCUT2D eigenvalue weighted by atomic mass is 31.2. The molecule has 0 bridgehead atoms. The zero-order valence-corrected chi connectivity index (χ0v) is 10.3. The van der Waals surface area contributed by atoms with Crippen LogP contribution in [0.2, 0.25) is 0 Å². The zero-order valence-electron chi connectivity index (χ0n) is 9.39. The topological polar surface area (TPSA) is 45.0 Å². The van der Waals surface area contributed by atoms with Crippen LogP contribution in [0, 0.1) is 0 Å². The Bertz CT molecular complexity index is 329. The predicted octanol–water partition coefficient (Wildman–Crippen LogP) is 2.21. The lowest BCUT2D eigenvalue weighted by Crippen LogP contribution is -2.24. The Morgan fingerprint density at radius 2 is 1.80 bits per heavy atom. The third-order valence-electron chi connectivity index (χ3n) is 3.19. The van der Waals surface area contributed by atoms with Crippen molar-refractivity contribution in [3.63, 3.8) is 0 Å². The van der Waals surface area contributed by atoms with Gasteiger partial charge in [-0.2, -0.15) is 5.10 Å². The number of hydrogen-bond acceptors (Lipinski definition) is 3. The van der Waals surface area contributed by atoms with E-state index in [9.17, 15) is 4.57 Å². The van der Waals surface area contributed by atoms with Crippen LogP contribution in [0.5, 0.6) is 0 Å². The molecule has 0 aliphatic heterocycles. The summed E-state index contributed by atoms with van der Waals surface area (Å²) < 4.78 is 13.0. The molecule has 4 nitrogen and oxygen atoms in total. The number of nitrogens with zero attached hydrogens (tertiary/aromatic N) is 3. The van der Waals surface area contributed by atoms with E-state index in [-0.39, 0.29) is 0 Å². The van der Waals surface area contributed by atoms with E-state index < -0.39 is 7.14 Å². The highest BCUT2D eigenvalue weighted by Crippen LogP contribution is 2.71. The van der Waals surface area contributed by atoms with Gasteiger partial charge in [0.05, 0.1) is 0 Å². The van der Waals surface area contributed by atoms with E-state index in [4.69, 9.17) is 0 Å². The van der Waals surface area contributed by atoms with Crippen LogP contribution in [-0.2, 0) is 4.57 Å². The fourth-order valence-corrected chi connectivity index (χ4v) is 6.04. The van der Waals surface area contributed by atoms with Crippen molar-refractivity contribution in [1.29, 1.82) is 0 Å². The Labute approximate surface area is 90.8 Å². The van der Waals surface area contributed by atoms with Gasteiger partial charge in [0.15, 0.2) is 12.7 Å². The smallest absolute Gasteiger partial charge is 0.181 e. The number of aliphatic imine (C=N–C) groups is 1. The van der Waals surface area contributed by atoms with Gasteiger partial charge in [0.2, 0.25) is 0 Å². The molecule has 2 fully saturated rings. The Morgan fingerprint density at radius 3 is 2.07 bits per heavy atom. The number of hydrazone groups is 1. The highest BCUT2D eigenvalue weighted by molar-refractivity contribution is 7.82. The van der Waals surface area contributed by atoms with Crippen LogP contribution in [0.15, 0.2) is 10.1 Å². The molecular formula is C10H18N3OP. The minimum Gasteiger partial charge on any atom is -0.315 e. The van der Waals surface area contributed by atoms with Crippen LogP contribution >= 0.6 is 7.14 Å². The molecule has 2 saturated carbocycles. The maximum Gasteiger partial charge on any atom is 0.181 e. The summed E-state index contributed by atoms with van der Waals surface area (Å²) in [6, 6.07) is 0. The molecule has 0 radical (unpaired) electrons. The van der Waals surface area contributed by atoms with E-state index in [0.29, 0.717) is 16.9 Å². The molecule has 84 valence electrons. The molecule has 5 heteroatoms. The molecule has 2 rings (SSSR count). The van der Waals surface area contributed by atoms with Crippen molar-refractivity contribution in [2.45, 2.75) is 37.0 Å².